The molecule has 0 radical (unpaired) electrons. The Kier molecular flexibility index (Phi) is 8.16. The van der Waals surface area contributed by atoms with Crippen molar-refractivity contribution in [2.45, 2.75) is 26.1 Å². The van der Waals surface area contributed by atoms with E-state index in [4.69, 9.17) is 13.6 Å². The van der Waals surface area contributed by atoms with E-state index >= 15 is 0 Å². The van der Waals surface area contributed by atoms with Crippen molar-refractivity contribution in [2.75, 3.05) is 13.2 Å². The zero-order valence-electron chi connectivity index (χ0n) is 16.2. The number of non-ortho nitro benzene ring substituents is 2. The summed E-state index contributed by atoms with van der Waals surface area (Å²) in [6, 6.07) is 10.2. The van der Waals surface area contributed by atoms with Gasteiger partial charge < -0.3 is 5.11 Å². The van der Waals surface area contributed by atoms with Crippen LogP contribution in [-0.2, 0) is 18.1 Å². The molecule has 2 aromatic carbocycles. The zero-order chi connectivity index (χ0) is 22.3. The lowest BCUT2D eigenvalue weighted by molar-refractivity contribution is -0.385. The Morgan fingerprint density at radius 3 is 1.63 bits per heavy atom. The molecule has 11 nitrogen and oxygen atoms in total. The third kappa shape index (κ3) is 5.91. The number of hydrogen-bond acceptors (Lipinski definition) is 9. The number of aliphatic hydroxyl groups is 1. The highest BCUT2D eigenvalue weighted by atomic mass is 31.2. The maximum atomic E-state index is 12.9. The smallest absolute Gasteiger partial charge is 0.385 e. The van der Waals surface area contributed by atoms with Gasteiger partial charge in [0.25, 0.3) is 11.4 Å². The Bertz CT molecular complexity index is 908. The summed E-state index contributed by atoms with van der Waals surface area (Å²) in [5.41, 5.74) is 0.155. The van der Waals surface area contributed by atoms with Gasteiger partial charge >= 0.3 is 7.82 Å². The van der Waals surface area contributed by atoms with Crippen LogP contribution >= 0.6 is 7.82 Å². The Balaban J connectivity index is 2.44. The van der Waals surface area contributed by atoms with Crippen LogP contribution in [0.4, 0.5) is 11.4 Å². The lowest BCUT2D eigenvalue weighted by Gasteiger charge is -2.27. The third-order valence-corrected chi connectivity index (χ3v) is 5.62. The van der Waals surface area contributed by atoms with E-state index < -0.39 is 29.9 Å². The van der Waals surface area contributed by atoms with Crippen molar-refractivity contribution >= 4 is 19.2 Å². The molecule has 0 amide bonds. The van der Waals surface area contributed by atoms with Crippen molar-refractivity contribution < 1.29 is 33.1 Å². The van der Waals surface area contributed by atoms with E-state index in [1.54, 1.807) is 13.8 Å². The molecule has 162 valence electrons. The fourth-order valence-corrected chi connectivity index (χ4v) is 3.95. The summed E-state index contributed by atoms with van der Waals surface area (Å²) in [5, 5.41) is 32.6. The van der Waals surface area contributed by atoms with Crippen LogP contribution < -0.4 is 0 Å². The summed E-state index contributed by atoms with van der Waals surface area (Å²) in [5.74, 6) is 0. The van der Waals surface area contributed by atoms with Crippen LogP contribution in [-0.4, -0.2) is 28.2 Å². The normalized spacial score (nSPS) is 13.6. The number of phosphoric acid groups is 1. The number of nitro benzene ring substituents is 2. The molecule has 1 N–H and O–H groups in total. The van der Waals surface area contributed by atoms with Crippen LogP contribution in [0.15, 0.2) is 48.5 Å². The standard InChI is InChI=1S/C18H21N2O9P/c1-3-27-30(26,28-4-2)29-18(14-7-11-16(12-8-14)20(24)25)17(21)13-5-9-15(10-6-13)19(22)23/h5-12,17-18,21H,3-4H2,1-2H3/t17-,18-/m0/s1. The zero-order valence-corrected chi connectivity index (χ0v) is 17.1. The van der Waals surface area contributed by atoms with Crippen molar-refractivity contribution in [2.24, 2.45) is 0 Å². The molecule has 0 saturated heterocycles. The second-order valence-corrected chi connectivity index (χ2v) is 7.57. The van der Waals surface area contributed by atoms with Gasteiger partial charge in [0.15, 0.2) is 0 Å². The molecule has 0 unspecified atom stereocenters. The molecular formula is C18H21N2O9P. The minimum absolute atomic E-state index is 0.0118. The number of rotatable bonds is 11. The van der Waals surface area contributed by atoms with Gasteiger partial charge in [0.05, 0.1) is 23.1 Å². The van der Waals surface area contributed by atoms with E-state index in [1.165, 1.54) is 48.5 Å². The quantitative estimate of drug-likeness (QED) is 0.303. The Morgan fingerprint density at radius 1 is 0.867 bits per heavy atom. The number of benzene rings is 2. The molecule has 0 spiro atoms. The molecule has 2 atom stereocenters. The number of hydrogen-bond donors (Lipinski definition) is 1. The molecule has 0 aliphatic heterocycles. The first-order valence-electron chi connectivity index (χ1n) is 8.95. The van der Waals surface area contributed by atoms with E-state index in [9.17, 15) is 29.9 Å². The summed E-state index contributed by atoms with van der Waals surface area (Å²) < 4.78 is 28.7. The first kappa shape index (κ1) is 23.6. The molecule has 0 aliphatic rings. The minimum atomic E-state index is -4.07. The average molecular weight is 440 g/mol. The highest BCUT2D eigenvalue weighted by Crippen LogP contribution is 2.55. The van der Waals surface area contributed by atoms with Crippen molar-refractivity contribution in [1.29, 1.82) is 0 Å². The van der Waals surface area contributed by atoms with Crippen LogP contribution in [0.2, 0.25) is 0 Å². The Morgan fingerprint density at radius 2 is 1.27 bits per heavy atom. The van der Waals surface area contributed by atoms with E-state index in [2.05, 4.69) is 0 Å². The molecule has 0 bridgehead atoms. The first-order chi connectivity index (χ1) is 14.2. The topological polar surface area (TPSA) is 151 Å². The summed E-state index contributed by atoms with van der Waals surface area (Å²) in [7, 11) is -4.07. The highest BCUT2D eigenvalue weighted by Gasteiger charge is 2.35. The summed E-state index contributed by atoms with van der Waals surface area (Å²) in [4.78, 5) is 20.6. The molecule has 12 heteroatoms. The first-order valence-corrected chi connectivity index (χ1v) is 10.4. The van der Waals surface area contributed by atoms with Crippen molar-refractivity contribution in [1.82, 2.24) is 0 Å². The molecule has 0 aliphatic carbocycles. The molecule has 0 fully saturated rings. The fourth-order valence-electron chi connectivity index (χ4n) is 2.61. The summed E-state index contributed by atoms with van der Waals surface area (Å²) >= 11 is 0. The van der Waals surface area contributed by atoms with Gasteiger partial charge in [-0.2, -0.15) is 0 Å². The molecule has 2 aromatic rings. The monoisotopic (exact) mass is 440 g/mol. The van der Waals surface area contributed by atoms with Gasteiger partial charge in [-0.05, 0) is 49.2 Å². The largest absolute Gasteiger partial charge is 0.475 e. The number of nitro groups is 2. The number of aliphatic hydroxyl groups excluding tert-OH is 1. The maximum Gasteiger partial charge on any atom is 0.475 e. The molecule has 0 saturated carbocycles. The Hall–Kier alpha value is -2.69. The molecule has 2 rings (SSSR count). The average Bonchev–Trinajstić information content (AvgIpc) is 2.72. The minimum Gasteiger partial charge on any atom is -0.385 e. The van der Waals surface area contributed by atoms with E-state index in [1.807, 2.05) is 0 Å². The summed E-state index contributed by atoms with van der Waals surface area (Å²) in [6.07, 6.45) is -2.72. The van der Waals surface area contributed by atoms with Gasteiger partial charge in [0.2, 0.25) is 0 Å². The van der Waals surface area contributed by atoms with Crippen LogP contribution in [0, 0.1) is 20.2 Å². The van der Waals surface area contributed by atoms with Gasteiger partial charge in [-0.1, -0.05) is 0 Å². The lowest BCUT2D eigenvalue weighted by Crippen LogP contribution is -2.15. The van der Waals surface area contributed by atoms with Gasteiger partial charge in [-0.3, -0.25) is 33.8 Å². The van der Waals surface area contributed by atoms with Crippen LogP contribution in [0.5, 0.6) is 0 Å². The van der Waals surface area contributed by atoms with E-state index in [-0.39, 0.29) is 35.7 Å². The SMILES string of the molecule is CCOP(=O)(OCC)O[C@@H](c1ccc([N+](=O)[O-])cc1)[C@@H](O)c1ccc([N+](=O)[O-])cc1. The fraction of sp³-hybridized carbons (Fsp3) is 0.333. The molecule has 30 heavy (non-hydrogen) atoms. The molecular weight excluding hydrogens is 419 g/mol. The van der Waals surface area contributed by atoms with Crippen LogP contribution in [0.3, 0.4) is 0 Å². The van der Waals surface area contributed by atoms with Crippen LogP contribution in [0.1, 0.15) is 37.2 Å². The van der Waals surface area contributed by atoms with E-state index in [0.717, 1.165) is 0 Å². The number of nitrogens with zero attached hydrogens (tertiary/aromatic N) is 2. The third-order valence-electron chi connectivity index (χ3n) is 3.98. The maximum absolute atomic E-state index is 12.9. The predicted octanol–water partition coefficient (Wildman–Crippen LogP) is 4.48. The highest BCUT2D eigenvalue weighted by molar-refractivity contribution is 7.48. The van der Waals surface area contributed by atoms with Crippen molar-refractivity contribution in [3.63, 3.8) is 0 Å². The molecule has 0 aromatic heterocycles. The second-order valence-electron chi connectivity index (χ2n) is 5.95. The van der Waals surface area contributed by atoms with Gasteiger partial charge in [0, 0.05) is 24.3 Å². The predicted molar refractivity (Wildman–Crippen MR) is 106 cm³/mol. The van der Waals surface area contributed by atoms with Crippen molar-refractivity contribution in [3.05, 3.63) is 79.9 Å². The lowest BCUT2D eigenvalue weighted by atomic mass is 9.98. The van der Waals surface area contributed by atoms with Gasteiger partial charge in [0.1, 0.15) is 12.2 Å². The van der Waals surface area contributed by atoms with Crippen LogP contribution in [0.25, 0.3) is 0 Å². The second kappa shape index (κ2) is 10.4. The summed E-state index contributed by atoms with van der Waals surface area (Å²) in [6.45, 7) is 3.20. The van der Waals surface area contributed by atoms with Gasteiger partial charge in [-0.25, -0.2) is 4.57 Å². The van der Waals surface area contributed by atoms with Crippen molar-refractivity contribution in [3.8, 4) is 0 Å². The number of phosphoric ester groups is 1. The molecule has 0 heterocycles. The van der Waals surface area contributed by atoms with E-state index in [0.29, 0.717) is 0 Å². The van der Waals surface area contributed by atoms with Gasteiger partial charge in [-0.15, -0.1) is 0 Å². The Labute approximate surface area is 172 Å².